The van der Waals surface area contributed by atoms with E-state index in [-0.39, 0.29) is 17.0 Å². The Morgan fingerprint density at radius 2 is 1.73 bits per heavy atom. The van der Waals surface area contributed by atoms with E-state index < -0.39 is 15.8 Å². The number of sulfonamides is 1. The minimum Gasteiger partial charge on any atom is -0.383 e. The highest BCUT2D eigenvalue weighted by Gasteiger charge is 2.35. The Morgan fingerprint density at radius 1 is 1.18 bits per heavy atom. The van der Waals surface area contributed by atoms with Crippen LogP contribution >= 0.6 is 0 Å². The largest absolute Gasteiger partial charge is 0.383 e. The lowest BCUT2D eigenvalue weighted by molar-refractivity contribution is 0.0496. The number of piperazine rings is 1. The molecule has 124 valence electrons. The fraction of sp³-hybridized carbons (Fsp3) is 0.600. The molecule has 0 aliphatic carbocycles. The molecule has 0 N–H and O–H groups in total. The number of ether oxygens (including phenoxy) is 1. The molecule has 7 heteroatoms. The molecule has 0 spiro atoms. The third kappa shape index (κ3) is 3.65. The van der Waals surface area contributed by atoms with Crippen molar-refractivity contribution in [2.24, 2.45) is 0 Å². The molecule has 0 aromatic heterocycles. The van der Waals surface area contributed by atoms with Crippen LogP contribution in [0.15, 0.2) is 29.2 Å². The minimum atomic E-state index is -3.58. The summed E-state index contributed by atoms with van der Waals surface area (Å²) in [5, 5.41) is 0. The van der Waals surface area contributed by atoms with Crippen LogP contribution in [0.2, 0.25) is 0 Å². The summed E-state index contributed by atoms with van der Waals surface area (Å²) >= 11 is 0. The van der Waals surface area contributed by atoms with Crippen molar-refractivity contribution in [1.29, 1.82) is 0 Å². The normalized spacial score (nSPS) is 24.5. The summed E-state index contributed by atoms with van der Waals surface area (Å²) in [5.74, 6) is -0.440. The van der Waals surface area contributed by atoms with Crippen molar-refractivity contribution in [2.75, 3.05) is 33.4 Å². The van der Waals surface area contributed by atoms with E-state index in [1.165, 1.54) is 28.6 Å². The third-order valence-electron chi connectivity index (χ3n) is 4.07. The second-order valence-corrected chi connectivity index (χ2v) is 7.64. The second-order valence-electron chi connectivity index (χ2n) is 5.70. The lowest BCUT2D eigenvalue weighted by Gasteiger charge is -2.43. The van der Waals surface area contributed by atoms with E-state index in [2.05, 4.69) is 4.90 Å². The van der Waals surface area contributed by atoms with Crippen molar-refractivity contribution < 1.29 is 17.5 Å². The zero-order valence-corrected chi connectivity index (χ0v) is 14.0. The monoisotopic (exact) mass is 330 g/mol. The second kappa shape index (κ2) is 7.04. The lowest BCUT2D eigenvalue weighted by atomic mass is 10.1. The summed E-state index contributed by atoms with van der Waals surface area (Å²) in [6, 6.07) is 5.20. The zero-order chi connectivity index (χ0) is 16.3. The van der Waals surface area contributed by atoms with Crippen LogP contribution in [0, 0.1) is 5.82 Å². The SMILES string of the molecule is COCCN1C(C)CN(S(=O)(=O)c2ccc(F)cc2)CC1C. The Morgan fingerprint density at radius 3 is 2.23 bits per heavy atom. The van der Waals surface area contributed by atoms with Gasteiger partial charge < -0.3 is 4.74 Å². The lowest BCUT2D eigenvalue weighted by Crippen LogP contribution is -2.58. The summed E-state index contributed by atoms with van der Waals surface area (Å²) in [5.41, 5.74) is 0. The van der Waals surface area contributed by atoms with E-state index in [0.717, 1.165) is 6.54 Å². The van der Waals surface area contributed by atoms with Gasteiger partial charge in [0, 0.05) is 38.8 Å². The first kappa shape index (κ1) is 17.3. The Hall–Kier alpha value is -1.02. The van der Waals surface area contributed by atoms with E-state index in [1.54, 1.807) is 7.11 Å². The van der Waals surface area contributed by atoms with Gasteiger partial charge in [0.2, 0.25) is 10.0 Å². The van der Waals surface area contributed by atoms with Gasteiger partial charge in [0.05, 0.1) is 11.5 Å². The van der Waals surface area contributed by atoms with Crippen LogP contribution in [0.5, 0.6) is 0 Å². The highest BCUT2D eigenvalue weighted by atomic mass is 32.2. The van der Waals surface area contributed by atoms with Crippen molar-refractivity contribution in [3.8, 4) is 0 Å². The van der Waals surface area contributed by atoms with E-state index >= 15 is 0 Å². The fourth-order valence-electron chi connectivity index (χ4n) is 2.90. The average Bonchev–Trinajstić information content (AvgIpc) is 2.46. The summed E-state index contributed by atoms with van der Waals surface area (Å²) in [6.07, 6.45) is 0. The number of rotatable bonds is 5. The van der Waals surface area contributed by atoms with Crippen LogP contribution < -0.4 is 0 Å². The molecule has 0 bridgehead atoms. The van der Waals surface area contributed by atoms with Gasteiger partial charge in [-0.2, -0.15) is 4.31 Å². The number of benzene rings is 1. The maximum atomic E-state index is 13.0. The first-order valence-electron chi connectivity index (χ1n) is 7.36. The number of nitrogens with zero attached hydrogens (tertiary/aromatic N) is 2. The third-order valence-corrected chi connectivity index (χ3v) is 5.92. The molecule has 1 aliphatic rings. The molecule has 1 saturated heterocycles. The Balaban J connectivity index is 2.15. The molecule has 5 nitrogen and oxygen atoms in total. The average molecular weight is 330 g/mol. The first-order chi connectivity index (χ1) is 10.4. The highest BCUT2D eigenvalue weighted by Crippen LogP contribution is 2.23. The summed E-state index contributed by atoms with van der Waals surface area (Å²) in [7, 11) is -1.92. The number of methoxy groups -OCH3 is 1. The van der Waals surface area contributed by atoms with E-state index in [1.807, 2.05) is 13.8 Å². The molecule has 1 fully saturated rings. The van der Waals surface area contributed by atoms with Gasteiger partial charge in [-0.05, 0) is 38.1 Å². The Kier molecular flexibility index (Phi) is 5.55. The fourth-order valence-corrected chi connectivity index (χ4v) is 4.50. The van der Waals surface area contributed by atoms with Crippen molar-refractivity contribution >= 4 is 10.0 Å². The van der Waals surface area contributed by atoms with Crippen molar-refractivity contribution in [2.45, 2.75) is 30.8 Å². The molecule has 1 aromatic rings. The van der Waals surface area contributed by atoms with Crippen LogP contribution in [0.25, 0.3) is 0 Å². The van der Waals surface area contributed by atoms with Gasteiger partial charge in [0.15, 0.2) is 0 Å². The molecule has 2 rings (SSSR count). The summed E-state index contributed by atoms with van der Waals surface area (Å²) < 4.78 is 44.9. The molecular formula is C15H23FN2O3S. The molecule has 1 heterocycles. The number of hydrogen-bond acceptors (Lipinski definition) is 4. The summed E-state index contributed by atoms with van der Waals surface area (Å²) in [4.78, 5) is 2.39. The van der Waals surface area contributed by atoms with E-state index in [4.69, 9.17) is 4.74 Å². The maximum Gasteiger partial charge on any atom is 0.243 e. The van der Waals surface area contributed by atoms with Gasteiger partial charge >= 0.3 is 0 Å². The summed E-state index contributed by atoms with van der Waals surface area (Å²) in [6.45, 7) is 6.28. The van der Waals surface area contributed by atoms with Crippen LogP contribution in [0.4, 0.5) is 4.39 Å². The quantitative estimate of drug-likeness (QED) is 0.822. The van der Waals surface area contributed by atoms with Crippen molar-refractivity contribution in [1.82, 2.24) is 9.21 Å². The molecule has 22 heavy (non-hydrogen) atoms. The van der Waals surface area contributed by atoms with Gasteiger partial charge in [-0.1, -0.05) is 0 Å². The molecule has 1 aromatic carbocycles. The number of halogens is 1. The molecular weight excluding hydrogens is 307 g/mol. The molecule has 0 amide bonds. The van der Waals surface area contributed by atoms with Crippen LogP contribution in [0.1, 0.15) is 13.8 Å². The van der Waals surface area contributed by atoms with Gasteiger partial charge in [0.1, 0.15) is 5.82 Å². The first-order valence-corrected chi connectivity index (χ1v) is 8.80. The molecule has 1 aliphatic heterocycles. The Bertz CT molecular complexity index is 579. The predicted octanol–water partition coefficient (Wildman–Crippen LogP) is 1.56. The molecule has 0 saturated carbocycles. The maximum absolute atomic E-state index is 13.0. The van der Waals surface area contributed by atoms with Gasteiger partial charge in [-0.3, -0.25) is 4.90 Å². The van der Waals surface area contributed by atoms with Gasteiger partial charge in [-0.15, -0.1) is 0 Å². The smallest absolute Gasteiger partial charge is 0.243 e. The Labute approximate surface area is 131 Å². The molecule has 0 radical (unpaired) electrons. The van der Waals surface area contributed by atoms with Crippen LogP contribution in [0.3, 0.4) is 0 Å². The zero-order valence-electron chi connectivity index (χ0n) is 13.2. The number of hydrogen-bond donors (Lipinski definition) is 0. The molecule has 2 unspecified atom stereocenters. The van der Waals surface area contributed by atoms with Crippen molar-refractivity contribution in [3.63, 3.8) is 0 Å². The van der Waals surface area contributed by atoms with Crippen molar-refractivity contribution in [3.05, 3.63) is 30.1 Å². The van der Waals surface area contributed by atoms with Gasteiger partial charge in [-0.25, -0.2) is 12.8 Å². The minimum absolute atomic E-state index is 0.106. The van der Waals surface area contributed by atoms with E-state index in [9.17, 15) is 12.8 Å². The molecule has 2 atom stereocenters. The standard InChI is InChI=1S/C15H23FN2O3S/c1-12-10-17(11-13(2)18(12)8-9-21-3)22(19,20)15-6-4-14(16)5-7-15/h4-7,12-13H,8-11H2,1-3H3. The van der Waals surface area contributed by atoms with Crippen LogP contribution in [-0.4, -0.2) is 63.1 Å². The van der Waals surface area contributed by atoms with E-state index in [0.29, 0.717) is 19.7 Å². The topological polar surface area (TPSA) is 49.9 Å². The van der Waals surface area contributed by atoms with Gasteiger partial charge in [0.25, 0.3) is 0 Å². The highest BCUT2D eigenvalue weighted by molar-refractivity contribution is 7.89. The predicted molar refractivity (Wildman–Crippen MR) is 82.7 cm³/mol. The van der Waals surface area contributed by atoms with Crippen LogP contribution in [-0.2, 0) is 14.8 Å².